The van der Waals surface area contributed by atoms with E-state index in [2.05, 4.69) is 52.4 Å². The Morgan fingerprint density at radius 3 is 2.36 bits per heavy atom. The first kappa shape index (κ1) is 56.6. The van der Waals surface area contributed by atoms with E-state index in [-0.39, 0.29) is 73.6 Å². The molecular formula is C62H93N7O12. The Balaban J connectivity index is 1.06. The number of aliphatic hydroxyl groups excluding tert-OH is 7. The van der Waals surface area contributed by atoms with Crippen molar-refractivity contribution in [1.29, 1.82) is 0 Å². The number of carboxylic acid groups (broad SMARTS) is 1. The summed E-state index contributed by atoms with van der Waals surface area (Å²) in [5.74, 6) is -2.13. The summed E-state index contributed by atoms with van der Waals surface area (Å²) in [6, 6.07) is -0.438. The number of rotatable bonds is 13. The number of aromatic amines is 2. The quantitative estimate of drug-likeness (QED) is 0.0712. The predicted octanol–water partition coefficient (Wildman–Crippen LogP) is 5.02. The second kappa shape index (κ2) is 20.0. The van der Waals surface area contributed by atoms with Gasteiger partial charge in [0.15, 0.2) is 6.29 Å². The maximum absolute atomic E-state index is 15.3. The van der Waals surface area contributed by atoms with Gasteiger partial charge >= 0.3 is 5.97 Å². The van der Waals surface area contributed by atoms with Crippen molar-refractivity contribution in [3.8, 4) is 0 Å². The van der Waals surface area contributed by atoms with E-state index >= 15 is 4.79 Å². The van der Waals surface area contributed by atoms with Gasteiger partial charge in [-0.25, -0.2) is 9.97 Å². The van der Waals surface area contributed by atoms with Gasteiger partial charge in [-0.15, -0.1) is 0 Å². The van der Waals surface area contributed by atoms with Gasteiger partial charge in [-0.1, -0.05) is 64.5 Å². The van der Waals surface area contributed by atoms with Gasteiger partial charge in [0.1, 0.15) is 30.4 Å². The van der Waals surface area contributed by atoms with E-state index in [9.17, 15) is 45.6 Å². The van der Waals surface area contributed by atoms with E-state index in [0.29, 0.717) is 70.8 Å². The minimum absolute atomic E-state index is 0.00928. The van der Waals surface area contributed by atoms with Crippen LogP contribution in [0.25, 0.3) is 0 Å². The number of ether oxygens (including phenoxy) is 2. The molecule has 2 aromatic rings. The molecule has 0 radical (unpaired) electrons. The number of nitrogens with two attached hydrogens (primary N) is 1. The molecule has 2 bridgehead atoms. The van der Waals surface area contributed by atoms with Crippen LogP contribution in [0.4, 0.5) is 5.82 Å². The predicted molar refractivity (Wildman–Crippen MR) is 296 cm³/mol. The summed E-state index contributed by atoms with van der Waals surface area (Å²) in [4.78, 5) is 46.3. The summed E-state index contributed by atoms with van der Waals surface area (Å²) in [7, 11) is 0. The first-order valence-electron chi connectivity index (χ1n) is 31.4. The Kier molecular flexibility index (Phi) is 14.0. The molecule has 2 saturated heterocycles. The lowest BCUT2D eigenvalue weighted by Crippen LogP contribution is -2.80. The van der Waals surface area contributed by atoms with Gasteiger partial charge in [0.2, 0.25) is 5.91 Å². The average Bonchev–Trinajstić information content (AvgIpc) is 2.71. The van der Waals surface area contributed by atoms with Gasteiger partial charge < -0.3 is 76.7 Å². The maximum Gasteiger partial charge on any atom is 0.310 e. The molecule has 81 heavy (non-hydrogen) atoms. The van der Waals surface area contributed by atoms with Crippen LogP contribution in [0.5, 0.6) is 0 Å². The van der Waals surface area contributed by atoms with Gasteiger partial charge in [-0.3, -0.25) is 9.59 Å². The number of carboxylic acids is 1. The van der Waals surface area contributed by atoms with Crippen LogP contribution in [0.3, 0.4) is 0 Å². The maximum atomic E-state index is 15.3. The molecule has 448 valence electrons. The highest BCUT2D eigenvalue weighted by atomic mass is 16.7. The molecule has 13 rings (SSSR count). The third-order valence-corrected chi connectivity index (χ3v) is 26.7. The van der Waals surface area contributed by atoms with Gasteiger partial charge in [0.25, 0.3) is 0 Å². The summed E-state index contributed by atoms with van der Waals surface area (Å²) in [6.07, 6.45) is 13.2. The second-order valence-corrected chi connectivity index (χ2v) is 29.2. The Labute approximate surface area is 475 Å². The number of hydrogen-bond donors (Lipinski definition) is 13. The van der Waals surface area contributed by atoms with E-state index in [1.165, 1.54) is 5.57 Å². The molecule has 19 nitrogen and oxygen atoms in total. The molecule has 7 saturated carbocycles. The molecule has 11 aliphatic rings. The topological polar surface area (TPSA) is 322 Å². The Bertz CT molecular complexity index is 2710. The minimum Gasteiger partial charge on any atom is -0.481 e. The lowest BCUT2D eigenvalue weighted by atomic mass is 9.20. The molecule has 0 aromatic carbocycles. The van der Waals surface area contributed by atoms with Crippen LogP contribution >= 0.6 is 0 Å². The molecule has 0 unspecified atom stereocenters. The Hall–Kier alpha value is -3.50. The fourth-order valence-electron chi connectivity index (χ4n) is 23.4. The van der Waals surface area contributed by atoms with Gasteiger partial charge in [-0.2, -0.15) is 0 Å². The van der Waals surface area contributed by atoms with Crippen molar-refractivity contribution in [2.45, 2.75) is 211 Å². The van der Waals surface area contributed by atoms with Crippen molar-refractivity contribution in [2.75, 3.05) is 31.7 Å². The zero-order valence-corrected chi connectivity index (χ0v) is 47.9. The zero-order valence-electron chi connectivity index (χ0n) is 47.9. The van der Waals surface area contributed by atoms with E-state index in [1.807, 2.05) is 0 Å². The number of aromatic nitrogens is 4. The number of aliphatic carboxylic acids is 1. The summed E-state index contributed by atoms with van der Waals surface area (Å²) in [5.41, 5.74) is 3.42. The van der Waals surface area contributed by atoms with Gasteiger partial charge in [0, 0.05) is 47.8 Å². The van der Waals surface area contributed by atoms with Crippen LogP contribution in [-0.4, -0.2) is 148 Å². The molecule has 1 amide bonds. The number of aliphatic hydroxyl groups is 7. The molecule has 2 spiro atoms. The highest BCUT2D eigenvalue weighted by molar-refractivity contribution is 5.86. The fourth-order valence-corrected chi connectivity index (χ4v) is 23.4. The number of carbonyl (C=O) groups excluding carboxylic acids is 1. The largest absolute Gasteiger partial charge is 0.481 e. The van der Waals surface area contributed by atoms with Crippen molar-refractivity contribution < 1.29 is 59.9 Å². The molecule has 8 aliphatic carbocycles. The third kappa shape index (κ3) is 7.53. The SMILES string of the molecule is C[C@]1(CO)CC[C@@]2(C(=O)O)[C@@H](C1)C1=CC[C@@]34CCC[C@]1([C@H]1Cc5[nH]cnc5NC[C@@H]12)[C@]3(C)CC[C@@H]1[C@](C)(CO)[C@H](O[C@@H]2OC[C@@H](O)[C@H](O)[C@H]2O)[C@H](O)[C@@H](C[C@H]2[C@H]([C@H](CC[C@@H](N)O)c3cnc[nH]3)NC(=O)C23CCCC3)[C@@]14C1CCCC1. The molecule has 14 N–H and O–H groups in total. The van der Waals surface area contributed by atoms with Crippen molar-refractivity contribution in [2.24, 2.45) is 90.5 Å². The number of carbonyl (C=O) groups is 2. The van der Waals surface area contributed by atoms with Crippen LogP contribution in [0.15, 0.2) is 30.5 Å². The fraction of sp³-hybridized carbons (Fsp3) is 0.839. The van der Waals surface area contributed by atoms with E-state index < -0.39 is 104 Å². The molecule has 9 fully saturated rings. The molecule has 19 heteroatoms. The van der Waals surface area contributed by atoms with Crippen LogP contribution in [0, 0.1) is 84.7 Å². The molecule has 2 aromatic heterocycles. The van der Waals surface area contributed by atoms with Crippen LogP contribution < -0.4 is 16.4 Å². The third-order valence-electron chi connectivity index (χ3n) is 26.7. The first-order chi connectivity index (χ1) is 38.8. The number of nitrogens with zero attached hydrogens (tertiary/aromatic N) is 2. The van der Waals surface area contributed by atoms with Crippen molar-refractivity contribution >= 4 is 17.7 Å². The number of H-pyrrole nitrogens is 2. The Morgan fingerprint density at radius 1 is 0.877 bits per heavy atom. The summed E-state index contributed by atoms with van der Waals surface area (Å²) in [5, 5.41) is 102. The number of imidazole rings is 2. The zero-order chi connectivity index (χ0) is 56.9. The number of fused-ring (bicyclic) bond motifs is 6. The minimum atomic E-state index is -1.65. The normalized spacial score (nSPS) is 47.8. The van der Waals surface area contributed by atoms with Crippen LogP contribution in [0.1, 0.15) is 166 Å². The number of amides is 1. The highest BCUT2D eigenvalue weighted by Gasteiger charge is 2.84. The van der Waals surface area contributed by atoms with E-state index in [0.717, 1.165) is 81.4 Å². The van der Waals surface area contributed by atoms with Gasteiger partial charge in [-0.05, 0) is 166 Å². The first-order valence-corrected chi connectivity index (χ1v) is 31.4. The van der Waals surface area contributed by atoms with Crippen molar-refractivity contribution in [3.63, 3.8) is 0 Å². The Morgan fingerprint density at radius 2 is 1.65 bits per heavy atom. The van der Waals surface area contributed by atoms with Crippen molar-refractivity contribution in [1.82, 2.24) is 25.3 Å². The molecule has 3 aliphatic heterocycles. The number of anilines is 1. The molecule has 5 heterocycles. The summed E-state index contributed by atoms with van der Waals surface area (Å²) >= 11 is 0. The van der Waals surface area contributed by atoms with Crippen molar-refractivity contribution in [3.05, 3.63) is 41.9 Å². The number of nitrogens with one attached hydrogen (secondary N) is 4. The van der Waals surface area contributed by atoms with Crippen LogP contribution in [0.2, 0.25) is 0 Å². The molecular weight excluding hydrogens is 1030 g/mol. The second-order valence-electron chi connectivity index (χ2n) is 29.2. The number of hydrogen-bond acceptors (Lipinski definition) is 15. The lowest BCUT2D eigenvalue weighted by molar-refractivity contribution is -0.375. The average molecular weight is 1130 g/mol. The smallest absolute Gasteiger partial charge is 0.310 e. The standard InChI is InChI=1S/C62H93N7O12/c1-55(29-70)21-22-60(54(78)79)39(25-55)35-13-20-59-17-8-18-61(35,36-24-41-51(68-32-67-41)65-26-40(36)60)57(59,3)19-14-44-56(2,30-71)50(81-52-49(76)48(75)43(72)28-80-52)47(74)38(62(44,59)33-9-4-5-10-33)23-37-46(69-53(77)58(37)15-6-7-16-58)34(11-12-45(63)73)42-27-64-31-66-42/h13,27,31-34,36-40,43-50,52,65,70-76H,4-12,14-26,28-30,63H2,1-3H3,(H,64,66)(H,67,68)(H,69,77)(H,78,79)/t34-,36+,37+,38-,39+,40+,43-,44-,45+,46+,47-,48+,49-,50-,52+,55+,56+,57-,59+,60-,61+,62+/m1/s1. The summed E-state index contributed by atoms with van der Waals surface area (Å²) in [6.45, 7) is 6.54. The highest BCUT2D eigenvalue weighted by Crippen LogP contribution is 2.88. The van der Waals surface area contributed by atoms with Gasteiger partial charge in [0.05, 0.1) is 54.6 Å². The molecule has 22 atom stereocenters. The monoisotopic (exact) mass is 1130 g/mol. The number of allylic oxidation sites excluding steroid dienone is 2. The lowest BCUT2D eigenvalue weighted by Gasteiger charge is -2.83. The summed E-state index contributed by atoms with van der Waals surface area (Å²) < 4.78 is 13.1. The van der Waals surface area contributed by atoms with Crippen LogP contribution in [-0.2, 0) is 25.5 Å². The van der Waals surface area contributed by atoms with E-state index in [4.69, 9.17) is 20.2 Å². The van der Waals surface area contributed by atoms with E-state index in [1.54, 1.807) is 18.9 Å².